The lowest BCUT2D eigenvalue weighted by molar-refractivity contribution is 0.376. The average Bonchev–Trinajstić information content (AvgIpc) is 2.28. The zero-order valence-electron chi connectivity index (χ0n) is 11.4. The van der Waals surface area contributed by atoms with Crippen LogP contribution in [-0.4, -0.2) is 32.0 Å². The Morgan fingerprint density at radius 1 is 1.24 bits per heavy atom. The summed E-state index contributed by atoms with van der Waals surface area (Å²) in [6.07, 6.45) is 4.87. The van der Waals surface area contributed by atoms with Crippen LogP contribution in [0.3, 0.4) is 0 Å². The molecule has 1 aliphatic rings. The van der Waals surface area contributed by atoms with Gasteiger partial charge in [0.15, 0.2) is 9.84 Å². The van der Waals surface area contributed by atoms with Gasteiger partial charge in [-0.05, 0) is 31.7 Å². The normalized spacial score (nSPS) is 26.4. The highest BCUT2D eigenvalue weighted by Gasteiger charge is 2.34. The molecule has 1 rings (SSSR count). The Morgan fingerprint density at radius 3 is 2.47 bits per heavy atom. The molecule has 0 aromatic heterocycles. The van der Waals surface area contributed by atoms with Gasteiger partial charge in [-0.15, -0.1) is 0 Å². The molecule has 0 spiro atoms. The average molecular weight is 261 g/mol. The highest BCUT2D eigenvalue weighted by molar-refractivity contribution is 7.92. The van der Waals surface area contributed by atoms with Crippen LogP contribution in [0.15, 0.2) is 0 Å². The Hall–Kier alpha value is -0.0900. The van der Waals surface area contributed by atoms with E-state index >= 15 is 0 Å². The van der Waals surface area contributed by atoms with Gasteiger partial charge in [-0.2, -0.15) is 0 Å². The summed E-state index contributed by atoms with van der Waals surface area (Å²) in [5, 5.41) is 3.21. The second-order valence-electron chi connectivity index (χ2n) is 5.54. The van der Waals surface area contributed by atoms with Crippen LogP contribution in [-0.2, 0) is 9.84 Å². The maximum atomic E-state index is 12.3. The first-order chi connectivity index (χ1) is 7.97. The molecule has 0 amide bonds. The van der Waals surface area contributed by atoms with Crippen molar-refractivity contribution in [3.63, 3.8) is 0 Å². The molecule has 2 atom stereocenters. The van der Waals surface area contributed by atoms with E-state index in [4.69, 9.17) is 0 Å². The molecule has 3 nitrogen and oxygen atoms in total. The van der Waals surface area contributed by atoms with Gasteiger partial charge in [-0.1, -0.05) is 33.6 Å². The summed E-state index contributed by atoms with van der Waals surface area (Å²) in [5.41, 5.74) is 0. The molecule has 0 bridgehead atoms. The molecule has 0 radical (unpaired) electrons. The molecular weight excluding hydrogens is 234 g/mol. The van der Waals surface area contributed by atoms with E-state index in [1.165, 1.54) is 0 Å². The fourth-order valence-electron chi connectivity index (χ4n) is 2.57. The van der Waals surface area contributed by atoms with Gasteiger partial charge < -0.3 is 5.32 Å². The molecule has 1 aliphatic carbocycles. The van der Waals surface area contributed by atoms with E-state index in [-0.39, 0.29) is 11.3 Å². The van der Waals surface area contributed by atoms with E-state index in [1.54, 1.807) is 0 Å². The molecule has 4 heteroatoms. The molecular formula is C13H27NO2S. The summed E-state index contributed by atoms with van der Waals surface area (Å²) < 4.78 is 24.7. The van der Waals surface area contributed by atoms with Crippen LogP contribution in [0.5, 0.6) is 0 Å². The third-order valence-electron chi connectivity index (χ3n) is 3.61. The van der Waals surface area contributed by atoms with Gasteiger partial charge >= 0.3 is 0 Å². The standard InChI is InChI=1S/C13H27NO2S/c1-4-14-12-7-5-6-8-13(12)17(15,16)10-9-11(2)3/h11-14H,4-10H2,1-3H3. The van der Waals surface area contributed by atoms with Gasteiger partial charge in [0.1, 0.15) is 0 Å². The van der Waals surface area contributed by atoms with Crippen LogP contribution >= 0.6 is 0 Å². The fraction of sp³-hybridized carbons (Fsp3) is 1.00. The molecule has 2 unspecified atom stereocenters. The summed E-state index contributed by atoms with van der Waals surface area (Å²) >= 11 is 0. The van der Waals surface area contributed by atoms with Crippen LogP contribution in [0.2, 0.25) is 0 Å². The quantitative estimate of drug-likeness (QED) is 0.798. The Bertz CT molecular complexity index is 309. The van der Waals surface area contributed by atoms with E-state index in [0.717, 1.165) is 38.6 Å². The van der Waals surface area contributed by atoms with Crippen LogP contribution in [0.4, 0.5) is 0 Å². The number of nitrogens with one attached hydrogen (secondary N) is 1. The minimum Gasteiger partial charge on any atom is -0.313 e. The topological polar surface area (TPSA) is 46.2 Å². The first-order valence-electron chi connectivity index (χ1n) is 6.92. The van der Waals surface area contributed by atoms with Crippen LogP contribution < -0.4 is 5.32 Å². The summed E-state index contributed by atoms with van der Waals surface area (Å²) in [6.45, 7) is 7.07. The molecule has 0 heterocycles. The molecule has 1 N–H and O–H groups in total. The molecule has 1 saturated carbocycles. The minimum atomic E-state index is -2.91. The van der Waals surface area contributed by atoms with Gasteiger partial charge in [0, 0.05) is 6.04 Å². The summed E-state index contributed by atoms with van der Waals surface area (Å²) in [7, 11) is -2.91. The van der Waals surface area contributed by atoms with E-state index < -0.39 is 9.84 Å². The number of hydrogen-bond donors (Lipinski definition) is 1. The summed E-state index contributed by atoms with van der Waals surface area (Å²) in [4.78, 5) is 0. The summed E-state index contributed by atoms with van der Waals surface area (Å²) in [5.74, 6) is 0.822. The minimum absolute atomic E-state index is 0.144. The highest BCUT2D eigenvalue weighted by Crippen LogP contribution is 2.25. The molecule has 0 aromatic rings. The summed E-state index contributed by atoms with van der Waals surface area (Å²) in [6, 6.07) is 0.186. The largest absolute Gasteiger partial charge is 0.313 e. The van der Waals surface area contributed by atoms with Gasteiger partial charge in [0.2, 0.25) is 0 Å². The van der Waals surface area contributed by atoms with Crippen molar-refractivity contribution in [1.29, 1.82) is 0 Å². The predicted octanol–water partition coefficient (Wildman–Crippen LogP) is 2.37. The van der Waals surface area contributed by atoms with Crippen molar-refractivity contribution >= 4 is 9.84 Å². The van der Waals surface area contributed by atoms with Crippen molar-refractivity contribution in [3.8, 4) is 0 Å². The molecule has 102 valence electrons. The Morgan fingerprint density at radius 2 is 1.88 bits per heavy atom. The highest BCUT2D eigenvalue weighted by atomic mass is 32.2. The smallest absolute Gasteiger partial charge is 0.154 e. The van der Waals surface area contributed by atoms with Crippen LogP contribution in [0, 0.1) is 5.92 Å². The zero-order valence-corrected chi connectivity index (χ0v) is 12.2. The Labute approximate surface area is 106 Å². The van der Waals surface area contributed by atoms with Crippen molar-refractivity contribution in [2.24, 2.45) is 5.92 Å². The van der Waals surface area contributed by atoms with Crippen molar-refractivity contribution in [1.82, 2.24) is 5.32 Å². The third-order valence-corrected chi connectivity index (χ3v) is 5.90. The van der Waals surface area contributed by atoms with Crippen LogP contribution in [0.25, 0.3) is 0 Å². The molecule has 1 fully saturated rings. The third kappa shape index (κ3) is 4.59. The molecule has 0 saturated heterocycles. The number of rotatable bonds is 6. The lowest BCUT2D eigenvalue weighted by Gasteiger charge is -2.31. The van der Waals surface area contributed by atoms with Gasteiger partial charge in [0.05, 0.1) is 11.0 Å². The number of hydrogen-bond acceptors (Lipinski definition) is 3. The van der Waals surface area contributed by atoms with Gasteiger partial charge in [0.25, 0.3) is 0 Å². The Kier molecular flexibility index (Phi) is 5.93. The first-order valence-corrected chi connectivity index (χ1v) is 8.64. The zero-order chi connectivity index (χ0) is 12.9. The van der Waals surface area contributed by atoms with E-state index in [2.05, 4.69) is 19.2 Å². The van der Waals surface area contributed by atoms with Crippen molar-refractivity contribution in [3.05, 3.63) is 0 Å². The van der Waals surface area contributed by atoms with Crippen molar-refractivity contribution in [2.75, 3.05) is 12.3 Å². The SMILES string of the molecule is CCNC1CCCCC1S(=O)(=O)CCC(C)C. The molecule has 0 aromatic carbocycles. The fourth-order valence-corrected chi connectivity index (χ4v) is 4.94. The Balaban J connectivity index is 2.65. The van der Waals surface area contributed by atoms with E-state index in [0.29, 0.717) is 11.7 Å². The molecule has 0 aliphatic heterocycles. The lowest BCUT2D eigenvalue weighted by atomic mass is 9.95. The van der Waals surface area contributed by atoms with Crippen molar-refractivity contribution < 1.29 is 8.42 Å². The van der Waals surface area contributed by atoms with E-state index in [9.17, 15) is 8.42 Å². The second-order valence-corrected chi connectivity index (χ2v) is 7.88. The molecule has 17 heavy (non-hydrogen) atoms. The second kappa shape index (κ2) is 6.74. The van der Waals surface area contributed by atoms with Crippen molar-refractivity contribution in [2.45, 2.75) is 64.2 Å². The van der Waals surface area contributed by atoms with Gasteiger partial charge in [-0.3, -0.25) is 0 Å². The predicted molar refractivity (Wildman–Crippen MR) is 73.0 cm³/mol. The number of sulfone groups is 1. The first kappa shape index (κ1) is 15.0. The maximum absolute atomic E-state index is 12.3. The monoisotopic (exact) mass is 261 g/mol. The van der Waals surface area contributed by atoms with Gasteiger partial charge in [-0.25, -0.2) is 8.42 Å². The maximum Gasteiger partial charge on any atom is 0.154 e. The van der Waals surface area contributed by atoms with E-state index in [1.807, 2.05) is 6.92 Å². The lowest BCUT2D eigenvalue weighted by Crippen LogP contribution is -2.47. The van der Waals surface area contributed by atoms with Crippen LogP contribution in [0.1, 0.15) is 52.9 Å².